The first-order chi connectivity index (χ1) is 39.0. The van der Waals surface area contributed by atoms with Crippen LogP contribution < -0.4 is 0 Å². The highest BCUT2D eigenvalue weighted by molar-refractivity contribution is 5.71. The van der Waals surface area contributed by atoms with Gasteiger partial charge in [-0.15, -0.1) is 0 Å². The Balaban J connectivity index is 4.16. The molecular formula is C73H122O6. The fraction of sp³-hybridized carbons (Fsp3) is 0.685. The van der Waals surface area contributed by atoms with Crippen LogP contribution in [0.5, 0.6) is 0 Å². The van der Waals surface area contributed by atoms with E-state index in [0.717, 1.165) is 135 Å². The molecule has 0 spiro atoms. The number of hydrogen-bond donors (Lipinski definition) is 0. The van der Waals surface area contributed by atoms with Gasteiger partial charge < -0.3 is 14.2 Å². The molecule has 79 heavy (non-hydrogen) atoms. The summed E-state index contributed by atoms with van der Waals surface area (Å²) >= 11 is 0. The molecule has 0 saturated heterocycles. The molecule has 0 heterocycles. The maximum absolute atomic E-state index is 12.9. The second-order valence-corrected chi connectivity index (χ2v) is 21.6. The lowest BCUT2D eigenvalue weighted by molar-refractivity contribution is -0.167. The van der Waals surface area contributed by atoms with Gasteiger partial charge in [0.2, 0.25) is 0 Å². The number of unbranched alkanes of at least 4 members (excludes halogenated alkanes) is 28. The summed E-state index contributed by atoms with van der Waals surface area (Å²) in [5, 5.41) is 0. The van der Waals surface area contributed by atoms with Crippen molar-refractivity contribution < 1.29 is 28.6 Å². The van der Waals surface area contributed by atoms with E-state index in [0.29, 0.717) is 19.3 Å². The van der Waals surface area contributed by atoms with Gasteiger partial charge in [0.1, 0.15) is 13.2 Å². The van der Waals surface area contributed by atoms with Crippen molar-refractivity contribution in [1.29, 1.82) is 0 Å². The van der Waals surface area contributed by atoms with E-state index in [4.69, 9.17) is 14.2 Å². The normalized spacial score (nSPS) is 12.9. The molecule has 0 bridgehead atoms. The zero-order chi connectivity index (χ0) is 57.1. The summed E-state index contributed by atoms with van der Waals surface area (Å²) in [5.41, 5.74) is 0. The molecule has 0 saturated carbocycles. The van der Waals surface area contributed by atoms with Crippen molar-refractivity contribution in [3.8, 4) is 0 Å². The third-order valence-electron chi connectivity index (χ3n) is 13.9. The van der Waals surface area contributed by atoms with E-state index in [2.05, 4.69) is 142 Å². The second-order valence-electron chi connectivity index (χ2n) is 21.6. The zero-order valence-electron chi connectivity index (χ0n) is 51.6. The van der Waals surface area contributed by atoms with Crippen LogP contribution in [0.2, 0.25) is 0 Å². The summed E-state index contributed by atoms with van der Waals surface area (Å²) < 4.78 is 16.9. The van der Waals surface area contributed by atoms with Crippen LogP contribution >= 0.6 is 0 Å². The van der Waals surface area contributed by atoms with Crippen LogP contribution in [0.25, 0.3) is 0 Å². The molecule has 0 aliphatic heterocycles. The first-order valence-electron chi connectivity index (χ1n) is 33.0. The summed E-state index contributed by atoms with van der Waals surface area (Å²) in [6, 6.07) is 0. The Bertz CT molecular complexity index is 1640. The van der Waals surface area contributed by atoms with Gasteiger partial charge in [0.15, 0.2) is 6.10 Å². The molecule has 6 nitrogen and oxygen atoms in total. The van der Waals surface area contributed by atoms with Crippen molar-refractivity contribution in [3.63, 3.8) is 0 Å². The third kappa shape index (κ3) is 64.5. The molecule has 1 unspecified atom stereocenters. The van der Waals surface area contributed by atoms with Crippen LogP contribution in [0.3, 0.4) is 0 Å². The van der Waals surface area contributed by atoms with Gasteiger partial charge in [0.05, 0.1) is 0 Å². The number of rotatable bonds is 59. The zero-order valence-corrected chi connectivity index (χ0v) is 51.6. The lowest BCUT2D eigenvalue weighted by Crippen LogP contribution is -2.30. The Morgan fingerprint density at radius 2 is 0.506 bits per heavy atom. The van der Waals surface area contributed by atoms with Crippen LogP contribution in [-0.2, 0) is 28.6 Å². The summed E-state index contributed by atoms with van der Waals surface area (Å²) in [7, 11) is 0. The maximum Gasteiger partial charge on any atom is 0.306 e. The van der Waals surface area contributed by atoms with E-state index < -0.39 is 6.10 Å². The van der Waals surface area contributed by atoms with Gasteiger partial charge in [0, 0.05) is 19.3 Å². The highest BCUT2D eigenvalue weighted by atomic mass is 16.6. The molecular weight excluding hydrogens is 973 g/mol. The highest BCUT2D eigenvalue weighted by Gasteiger charge is 2.19. The first-order valence-corrected chi connectivity index (χ1v) is 33.0. The molecule has 0 aliphatic carbocycles. The lowest BCUT2D eigenvalue weighted by atomic mass is 10.0. The number of allylic oxidation sites excluding steroid dienone is 20. The average Bonchev–Trinajstić information content (AvgIpc) is 3.45. The Morgan fingerprint density at radius 1 is 0.266 bits per heavy atom. The molecule has 0 N–H and O–H groups in total. The maximum atomic E-state index is 12.9. The second kappa shape index (κ2) is 66.3. The third-order valence-corrected chi connectivity index (χ3v) is 13.9. The number of hydrogen-bond acceptors (Lipinski definition) is 6. The summed E-state index contributed by atoms with van der Waals surface area (Å²) in [6.45, 7) is 6.45. The minimum absolute atomic E-state index is 0.0867. The van der Waals surface area contributed by atoms with E-state index in [1.807, 2.05) is 0 Å². The molecule has 6 heteroatoms. The molecule has 0 amide bonds. The Labute approximate surface area is 488 Å². The Hall–Kier alpha value is -4.19. The van der Waals surface area contributed by atoms with Gasteiger partial charge in [-0.3, -0.25) is 14.4 Å². The Kier molecular flexibility index (Phi) is 62.8. The van der Waals surface area contributed by atoms with Gasteiger partial charge in [-0.25, -0.2) is 0 Å². The van der Waals surface area contributed by atoms with Crippen molar-refractivity contribution in [2.45, 2.75) is 309 Å². The molecule has 0 aromatic heterocycles. The monoisotopic (exact) mass is 1090 g/mol. The summed E-state index contributed by atoms with van der Waals surface area (Å²) in [4.78, 5) is 38.2. The molecule has 0 fully saturated rings. The molecule has 0 aliphatic rings. The van der Waals surface area contributed by atoms with E-state index in [9.17, 15) is 14.4 Å². The van der Waals surface area contributed by atoms with Crippen LogP contribution in [0.4, 0.5) is 0 Å². The minimum atomic E-state index is -0.790. The fourth-order valence-corrected chi connectivity index (χ4v) is 8.96. The predicted octanol–water partition coefficient (Wildman–Crippen LogP) is 22.8. The van der Waals surface area contributed by atoms with Gasteiger partial charge in [0.25, 0.3) is 0 Å². The quantitative estimate of drug-likeness (QED) is 0.0261. The lowest BCUT2D eigenvalue weighted by Gasteiger charge is -2.18. The van der Waals surface area contributed by atoms with E-state index in [1.165, 1.54) is 128 Å². The standard InChI is InChI=1S/C73H122O6/c1-4-7-10-13-16-19-22-25-27-28-29-30-31-32-33-34-35-36-37-38-39-40-41-42-43-44-45-46-47-49-51-54-57-60-63-66-72(75)78-69-70(68-77-71(74)65-62-59-56-53-50-24-21-18-15-12-9-6-3)79-73(76)67-64-61-58-55-52-48-26-23-20-17-14-11-8-5-2/h7,10,14,16-19,21,23,25-27,29-30,32-33,35-36,38-39,70H,4-6,8-9,11-13,15,20,22,24,28,31,34,37,40-69H2,1-3H3/b10-7-,17-14-,19-16-,21-18-,26-23-,27-25-,30-29-,33-32-,36-35-,39-38-. The summed E-state index contributed by atoms with van der Waals surface area (Å²) in [5.74, 6) is -0.906. The van der Waals surface area contributed by atoms with Crippen molar-refractivity contribution in [2.24, 2.45) is 0 Å². The van der Waals surface area contributed by atoms with Gasteiger partial charge in [-0.05, 0) is 128 Å². The van der Waals surface area contributed by atoms with Crippen LogP contribution in [0.1, 0.15) is 303 Å². The molecule has 450 valence electrons. The molecule has 0 rings (SSSR count). The van der Waals surface area contributed by atoms with Crippen LogP contribution in [0.15, 0.2) is 122 Å². The fourth-order valence-electron chi connectivity index (χ4n) is 8.96. The van der Waals surface area contributed by atoms with Crippen molar-refractivity contribution in [3.05, 3.63) is 122 Å². The molecule has 0 radical (unpaired) electrons. The topological polar surface area (TPSA) is 78.9 Å². The van der Waals surface area contributed by atoms with E-state index >= 15 is 0 Å². The predicted molar refractivity (Wildman–Crippen MR) is 343 cm³/mol. The first kappa shape index (κ1) is 74.8. The smallest absolute Gasteiger partial charge is 0.306 e. The van der Waals surface area contributed by atoms with Crippen molar-refractivity contribution in [1.82, 2.24) is 0 Å². The van der Waals surface area contributed by atoms with Gasteiger partial charge >= 0.3 is 17.9 Å². The molecule has 0 aromatic carbocycles. The SMILES string of the molecule is CC/C=C\C/C=C\C/C=C\C/C=C\C/C=C\C/C=C\C/C=C\CCCCCCCCCCCCCCCC(=O)OCC(COC(=O)CCCCCCC/C=C\CCCCC)OC(=O)CCCCCCC/C=C\C/C=C\CCCC. The van der Waals surface area contributed by atoms with Crippen molar-refractivity contribution >= 4 is 17.9 Å². The average molecular weight is 1100 g/mol. The van der Waals surface area contributed by atoms with E-state index in [1.54, 1.807) is 0 Å². The van der Waals surface area contributed by atoms with Crippen LogP contribution in [-0.4, -0.2) is 37.2 Å². The van der Waals surface area contributed by atoms with Gasteiger partial charge in [-0.1, -0.05) is 277 Å². The Morgan fingerprint density at radius 3 is 0.823 bits per heavy atom. The number of carbonyl (C=O) groups is 3. The van der Waals surface area contributed by atoms with Crippen LogP contribution in [0, 0.1) is 0 Å². The molecule has 1 atom stereocenters. The largest absolute Gasteiger partial charge is 0.462 e. The highest BCUT2D eigenvalue weighted by Crippen LogP contribution is 2.16. The summed E-state index contributed by atoms with van der Waals surface area (Å²) in [6.07, 6.45) is 92.2. The number of carbonyl (C=O) groups excluding carboxylic acids is 3. The number of ether oxygens (including phenoxy) is 3. The minimum Gasteiger partial charge on any atom is -0.462 e. The van der Waals surface area contributed by atoms with Gasteiger partial charge in [-0.2, -0.15) is 0 Å². The van der Waals surface area contributed by atoms with Crippen molar-refractivity contribution in [2.75, 3.05) is 13.2 Å². The molecule has 0 aromatic rings. The van der Waals surface area contributed by atoms with E-state index in [-0.39, 0.29) is 31.1 Å². The number of esters is 3.